The lowest BCUT2D eigenvalue weighted by Gasteiger charge is -2.24. The average Bonchev–Trinajstić information content (AvgIpc) is 2.13. The van der Waals surface area contributed by atoms with Gasteiger partial charge in [0.25, 0.3) is 0 Å². The highest BCUT2D eigenvalue weighted by atomic mass is 32.2. The Morgan fingerprint density at radius 2 is 2.23 bits per heavy atom. The number of carbonyl (C=O) groups is 1. The van der Waals surface area contributed by atoms with Crippen molar-refractivity contribution in [2.75, 3.05) is 25.6 Å². The zero-order valence-electron chi connectivity index (χ0n) is 8.96. The Labute approximate surface area is 85.3 Å². The van der Waals surface area contributed by atoms with E-state index in [1.165, 1.54) is 0 Å². The maximum absolute atomic E-state index is 11.4. The predicted octanol–water partition coefficient (Wildman–Crippen LogP) is 1.79. The van der Waals surface area contributed by atoms with E-state index in [0.717, 1.165) is 12.2 Å². The first-order valence-electron chi connectivity index (χ1n) is 4.63. The molecule has 13 heavy (non-hydrogen) atoms. The molecule has 0 aliphatic carbocycles. The number of nitrogens with zero attached hydrogens (tertiary/aromatic N) is 1. The van der Waals surface area contributed by atoms with Gasteiger partial charge in [-0.3, -0.25) is 0 Å². The molecule has 2 amide bonds. The topological polar surface area (TPSA) is 32.3 Å². The van der Waals surface area contributed by atoms with E-state index in [4.69, 9.17) is 0 Å². The van der Waals surface area contributed by atoms with E-state index in [9.17, 15) is 4.79 Å². The second-order valence-corrected chi connectivity index (χ2v) is 4.06. The van der Waals surface area contributed by atoms with Gasteiger partial charge in [0.1, 0.15) is 0 Å². The molecule has 0 fully saturated rings. The number of nitrogens with one attached hydrogen (secondary N) is 1. The van der Waals surface area contributed by atoms with Gasteiger partial charge < -0.3 is 10.2 Å². The van der Waals surface area contributed by atoms with Gasteiger partial charge in [-0.15, -0.1) is 0 Å². The zero-order chi connectivity index (χ0) is 10.3. The Kier molecular flexibility index (Phi) is 6.86. The third-order valence-corrected chi connectivity index (χ3v) is 2.69. The fourth-order valence-electron chi connectivity index (χ4n) is 0.958. The first kappa shape index (κ1) is 12.6. The van der Waals surface area contributed by atoms with Gasteiger partial charge in [-0.05, 0) is 32.3 Å². The van der Waals surface area contributed by atoms with Gasteiger partial charge in [-0.2, -0.15) is 11.8 Å². The molecule has 0 aliphatic rings. The molecule has 0 aliphatic heterocycles. The van der Waals surface area contributed by atoms with Crippen molar-refractivity contribution in [1.29, 1.82) is 0 Å². The van der Waals surface area contributed by atoms with Crippen LogP contribution in [-0.4, -0.2) is 42.6 Å². The van der Waals surface area contributed by atoms with E-state index in [0.29, 0.717) is 12.6 Å². The van der Waals surface area contributed by atoms with Crippen molar-refractivity contribution in [3.63, 3.8) is 0 Å². The zero-order valence-corrected chi connectivity index (χ0v) is 9.78. The van der Waals surface area contributed by atoms with Gasteiger partial charge in [-0.25, -0.2) is 4.79 Å². The molecule has 0 aromatic carbocycles. The van der Waals surface area contributed by atoms with Gasteiger partial charge in [0.05, 0.1) is 0 Å². The monoisotopic (exact) mass is 204 g/mol. The number of hydrogen-bond donors (Lipinski definition) is 1. The summed E-state index contributed by atoms with van der Waals surface area (Å²) < 4.78 is 0. The van der Waals surface area contributed by atoms with E-state index in [1.807, 2.05) is 25.7 Å². The molecule has 3 nitrogen and oxygen atoms in total. The standard InChI is InChI=1S/C9H20N2OS/c1-5-10-9(12)11(3)8(2)6-7-13-4/h8H,5-7H2,1-4H3,(H,10,12). The number of carbonyl (C=O) groups excluding carboxylic acids is 1. The maximum atomic E-state index is 11.4. The maximum Gasteiger partial charge on any atom is 0.317 e. The summed E-state index contributed by atoms with van der Waals surface area (Å²) in [6, 6.07) is 0.343. The molecule has 0 heterocycles. The van der Waals surface area contributed by atoms with Crippen LogP contribution < -0.4 is 5.32 Å². The molecule has 0 rings (SSSR count). The van der Waals surface area contributed by atoms with Gasteiger partial charge in [-0.1, -0.05) is 0 Å². The minimum atomic E-state index is 0.0242. The molecule has 1 atom stereocenters. The Morgan fingerprint density at radius 1 is 1.62 bits per heavy atom. The van der Waals surface area contributed by atoms with Crippen molar-refractivity contribution >= 4 is 17.8 Å². The minimum absolute atomic E-state index is 0.0242. The van der Waals surface area contributed by atoms with Crippen molar-refractivity contribution in [2.45, 2.75) is 26.3 Å². The lowest BCUT2D eigenvalue weighted by atomic mass is 10.2. The van der Waals surface area contributed by atoms with Crippen LogP contribution in [0.1, 0.15) is 20.3 Å². The van der Waals surface area contributed by atoms with Crippen LogP contribution in [0.4, 0.5) is 4.79 Å². The quantitative estimate of drug-likeness (QED) is 0.740. The third-order valence-electron chi connectivity index (χ3n) is 2.05. The Bertz CT molecular complexity index is 153. The number of amides is 2. The second-order valence-electron chi connectivity index (χ2n) is 3.08. The molecule has 1 N–H and O–H groups in total. The smallest absolute Gasteiger partial charge is 0.317 e. The van der Waals surface area contributed by atoms with Crippen LogP contribution in [0.15, 0.2) is 0 Å². The lowest BCUT2D eigenvalue weighted by Crippen LogP contribution is -2.42. The Morgan fingerprint density at radius 3 is 2.69 bits per heavy atom. The van der Waals surface area contributed by atoms with Crippen LogP contribution in [0.25, 0.3) is 0 Å². The van der Waals surface area contributed by atoms with Gasteiger partial charge >= 0.3 is 6.03 Å². The Hall–Kier alpha value is -0.380. The summed E-state index contributed by atoms with van der Waals surface area (Å²) in [5, 5.41) is 2.78. The summed E-state index contributed by atoms with van der Waals surface area (Å²) in [6.07, 6.45) is 3.13. The fourth-order valence-corrected chi connectivity index (χ4v) is 1.53. The highest BCUT2D eigenvalue weighted by molar-refractivity contribution is 7.98. The summed E-state index contributed by atoms with van der Waals surface area (Å²) in [6.45, 7) is 4.70. The van der Waals surface area contributed by atoms with Gasteiger partial charge in [0.2, 0.25) is 0 Å². The van der Waals surface area contributed by atoms with Crippen molar-refractivity contribution < 1.29 is 4.79 Å². The SMILES string of the molecule is CCNC(=O)N(C)C(C)CCSC. The van der Waals surface area contributed by atoms with E-state index in [-0.39, 0.29) is 6.03 Å². The highest BCUT2D eigenvalue weighted by Crippen LogP contribution is 2.05. The van der Waals surface area contributed by atoms with Crippen LogP contribution in [0.2, 0.25) is 0 Å². The lowest BCUT2D eigenvalue weighted by molar-refractivity contribution is 0.193. The van der Waals surface area contributed by atoms with Crippen LogP contribution >= 0.6 is 11.8 Å². The number of hydrogen-bond acceptors (Lipinski definition) is 2. The summed E-state index contributed by atoms with van der Waals surface area (Å²) in [4.78, 5) is 13.1. The van der Waals surface area contributed by atoms with Gasteiger partial charge in [0, 0.05) is 19.6 Å². The molecular weight excluding hydrogens is 184 g/mol. The summed E-state index contributed by atoms with van der Waals surface area (Å²) >= 11 is 1.81. The third kappa shape index (κ3) is 5.03. The van der Waals surface area contributed by atoms with Crippen molar-refractivity contribution in [1.82, 2.24) is 10.2 Å². The molecule has 0 spiro atoms. The second kappa shape index (κ2) is 7.06. The number of thioether (sulfide) groups is 1. The van der Waals surface area contributed by atoms with E-state index in [1.54, 1.807) is 4.90 Å². The van der Waals surface area contributed by atoms with Crippen LogP contribution in [0, 0.1) is 0 Å². The fraction of sp³-hybridized carbons (Fsp3) is 0.889. The molecular formula is C9H20N2OS. The van der Waals surface area contributed by atoms with E-state index >= 15 is 0 Å². The van der Waals surface area contributed by atoms with E-state index < -0.39 is 0 Å². The van der Waals surface area contributed by atoms with Crippen LogP contribution in [-0.2, 0) is 0 Å². The molecule has 0 aromatic heterocycles. The molecule has 0 saturated carbocycles. The number of rotatable bonds is 5. The van der Waals surface area contributed by atoms with Crippen molar-refractivity contribution in [3.05, 3.63) is 0 Å². The number of urea groups is 1. The first-order valence-corrected chi connectivity index (χ1v) is 6.02. The molecule has 0 bridgehead atoms. The Balaban J connectivity index is 3.79. The van der Waals surface area contributed by atoms with E-state index in [2.05, 4.69) is 18.5 Å². The summed E-state index contributed by atoms with van der Waals surface area (Å²) in [7, 11) is 1.84. The normalized spacial score (nSPS) is 12.3. The summed E-state index contributed by atoms with van der Waals surface area (Å²) in [5.41, 5.74) is 0. The summed E-state index contributed by atoms with van der Waals surface area (Å²) in [5.74, 6) is 1.10. The predicted molar refractivity (Wildman–Crippen MR) is 59.3 cm³/mol. The highest BCUT2D eigenvalue weighted by Gasteiger charge is 2.13. The van der Waals surface area contributed by atoms with Crippen LogP contribution in [0.3, 0.4) is 0 Å². The van der Waals surface area contributed by atoms with Gasteiger partial charge in [0.15, 0.2) is 0 Å². The average molecular weight is 204 g/mol. The van der Waals surface area contributed by atoms with Crippen molar-refractivity contribution in [3.8, 4) is 0 Å². The molecule has 0 saturated heterocycles. The molecule has 4 heteroatoms. The largest absolute Gasteiger partial charge is 0.338 e. The molecule has 78 valence electrons. The molecule has 1 unspecified atom stereocenters. The minimum Gasteiger partial charge on any atom is -0.338 e. The first-order chi connectivity index (χ1) is 6.13. The van der Waals surface area contributed by atoms with Crippen LogP contribution in [0.5, 0.6) is 0 Å². The molecule has 0 aromatic rings. The molecule has 0 radical (unpaired) electrons. The van der Waals surface area contributed by atoms with Crippen molar-refractivity contribution in [2.24, 2.45) is 0 Å².